The standard InChI is InChI=1S/C17H11BrN2O3/c18-10-3-1-2-9(4-10)16-11-5-14-15(22-8-21-14)6-13(11)23-17(20)12(16)7-19/h1-6,16H,8,20H2/t16-/m1/s1. The average Bonchev–Trinajstić information content (AvgIpc) is 2.98. The Balaban J connectivity index is 1.94. The second-order valence-electron chi connectivity index (χ2n) is 5.22. The summed E-state index contributed by atoms with van der Waals surface area (Å²) in [4.78, 5) is 0. The van der Waals surface area contributed by atoms with E-state index in [4.69, 9.17) is 19.9 Å². The van der Waals surface area contributed by atoms with E-state index in [2.05, 4.69) is 22.0 Å². The van der Waals surface area contributed by atoms with Gasteiger partial charge in [0, 0.05) is 16.1 Å². The summed E-state index contributed by atoms with van der Waals surface area (Å²) in [5, 5.41) is 9.55. The van der Waals surface area contributed by atoms with Crippen molar-refractivity contribution in [2.24, 2.45) is 5.73 Å². The molecule has 2 aliphatic rings. The summed E-state index contributed by atoms with van der Waals surface area (Å²) in [5.41, 5.74) is 8.13. The number of rotatable bonds is 1. The molecule has 0 fully saturated rings. The molecule has 2 heterocycles. The molecular weight excluding hydrogens is 360 g/mol. The fraction of sp³-hybridized carbons (Fsp3) is 0.118. The molecule has 2 aliphatic heterocycles. The van der Waals surface area contributed by atoms with Crippen molar-refractivity contribution in [2.75, 3.05) is 6.79 Å². The molecule has 0 aliphatic carbocycles. The lowest BCUT2D eigenvalue weighted by molar-refractivity contribution is 0.174. The molecule has 2 N–H and O–H groups in total. The third kappa shape index (κ3) is 2.21. The van der Waals surface area contributed by atoms with Crippen molar-refractivity contribution in [2.45, 2.75) is 5.92 Å². The SMILES string of the molecule is N#CC1=C(N)Oc2cc3c(cc2[C@H]1c1cccc(Br)c1)OCO3. The van der Waals surface area contributed by atoms with Crippen molar-refractivity contribution in [1.29, 1.82) is 5.26 Å². The van der Waals surface area contributed by atoms with Gasteiger partial charge in [-0.05, 0) is 23.8 Å². The quantitative estimate of drug-likeness (QED) is 0.832. The van der Waals surface area contributed by atoms with Crippen LogP contribution in [0.3, 0.4) is 0 Å². The minimum atomic E-state index is -0.309. The van der Waals surface area contributed by atoms with E-state index >= 15 is 0 Å². The molecule has 5 nitrogen and oxygen atoms in total. The summed E-state index contributed by atoms with van der Waals surface area (Å²) in [6.45, 7) is 0.174. The number of nitriles is 1. The third-order valence-electron chi connectivity index (χ3n) is 3.89. The largest absolute Gasteiger partial charge is 0.454 e. The lowest BCUT2D eigenvalue weighted by Crippen LogP contribution is -2.21. The maximum atomic E-state index is 9.55. The Hall–Kier alpha value is -2.65. The monoisotopic (exact) mass is 370 g/mol. The number of ether oxygens (including phenoxy) is 3. The Labute approximate surface area is 141 Å². The highest BCUT2D eigenvalue weighted by atomic mass is 79.9. The molecule has 0 aromatic heterocycles. The van der Waals surface area contributed by atoms with E-state index in [1.807, 2.05) is 30.3 Å². The molecule has 0 bridgehead atoms. The van der Waals surface area contributed by atoms with Crippen LogP contribution in [0.2, 0.25) is 0 Å². The topological polar surface area (TPSA) is 77.5 Å². The fourth-order valence-electron chi connectivity index (χ4n) is 2.88. The zero-order valence-electron chi connectivity index (χ0n) is 11.9. The van der Waals surface area contributed by atoms with Crippen LogP contribution in [0.1, 0.15) is 17.0 Å². The van der Waals surface area contributed by atoms with Crippen LogP contribution in [-0.2, 0) is 0 Å². The first-order valence-electron chi connectivity index (χ1n) is 6.94. The van der Waals surface area contributed by atoms with Crippen LogP contribution in [0.25, 0.3) is 0 Å². The highest BCUT2D eigenvalue weighted by Gasteiger charge is 2.33. The van der Waals surface area contributed by atoms with Gasteiger partial charge in [-0.2, -0.15) is 5.26 Å². The number of nitrogens with zero attached hydrogens (tertiary/aromatic N) is 1. The van der Waals surface area contributed by atoms with Crippen LogP contribution in [0.5, 0.6) is 17.2 Å². The van der Waals surface area contributed by atoms with Crippen LogP contribution in [0.4, 0.5) is 0 Å². The number of allylic oxidation sites excluding steroid dienone is 1. The van der Waals surface area contributed by atoms with E-state index in [1.165, 1.54) is 0 Å². The molecule has 0 radical (unpaired) electrons. The van der Waals surface area contributed by atoms with E-state index < -0.39 is 0 Å². The second kappa shape index (κ2) is 5.21. The molecule has 6 heteroatoms. The van der Waals surface area contributed by atoms with Gasteiger partial charge in [-0.1, -0.05) is 28.1 Å². The highest BCUT2D eigenvalue weighted by Crippen LogP contribution is 2.47. The average molecular weight is 371 g/mol. The molecule has 0 saturated carbocycles. The summed E-state index contributed by atoms with van der Waals surface area (Å²) in [5.74, 6) is 1.64. The van der Waals surface area contributed by atoms with E-state index in [9.17, 15) is 5.26 Å². The lowest BCUT2D eigenvalue weighted by Gasteiger charge is -2.26. The fourth-order valence-corrected chi connectivity index (χ4v) is 3.29. The van der Waals surface area contributed by atoms with Gasteiger partial charge in [0.15, 0.2) is 11.5 Å². The van der Waals surface area contributed by atoms with Crippen molar-refractivity contribution in [3.8, 4) is 23.3 Å². The predicted molar refractivity (Wildman–Crippen MR) is 86.0 cm³/mol. The Morgan fingerprint density at radius 3 is 2.65 bits per heavy atom. The van der Waals surface area contributed by atoms with Crippen molar-refractivity contribution >= 4 is 15.9 Å². The van der Waals surface area contributed by atoms with Crippen LogP contribution in [-0.4, -0.2) is 6.79 Å². The number of hydrogen-bond acceptors (Lipinski definition) is 5. The molecule has 1 atom stereocenters. The van der Waals surface area contributed by atoms with Gasteiger partial charge >= 0.3 is 0 Å². The second-order valence-corrected chi connectivity index (χ2v) is 6.14. The molecule has 2 aromatic rings. The van der Waals surface area contributed by atoms with Gasteiger partial charge in [-0.25, -0.2) is 0 Å². The van der Waals surface area contributed by atoms with Crippen molar-refractivity contribution in [3.05, 3.63) is 63.5 Å². The maximum Gasteiger partial charge on any atom is 0.231 e. The number of hydrogen-bond donors (Lipinski definition) is 1. The highest BCUT2D eigenvalue weighted by molar-refractivity contribution is 9.10. The summed E-state index contributed by atoms with van der Waals surface area (Å²) >= 11 is 3.47. The molecule has 0 amide bonds. The zero-order chi connectivity index (χ0) is 16.0. The van der Waals surface area contributed by atoms with Crippen molar-refractivity contribution in [3.63, 3.8) is 0 Å². The molecule has 0 spiro atoms. The number of nitrogens with two attached hydrogens (primary N) is 1. The van der Waals surface area contributed by atoms with Gasteiger partial charge < -0.3 is 19.9 Å². The van der Waals surface area contributed by atoms with Gasteiger partial charge in [0.1, 0.15) is 17.4 Å². The van der Waals surface area contributed by atoms with Gasteiger partial charge in [-0.15, -0.1) is 0 Å². The number of fused-ring (bicyclic) bond motifs is 2. The van der Waals surface area contributed by atoms with E-state index in [1.54, 1.807) is 6.07 Å². The van der Waals surface area contributed by atoms with Crippen LogP contribution < -0.4 is 19.9 Å². The summed E-state index contributed by atoms with van der Waals surface area (Å²) < 4.78 is 17.4. The Morgan fingerprint density at radius 1 is 1.13 bits per heavy atom. The summed E-state index contributed by atoms with van der Waals surface area (Å²) in [6, 6.07) is 13.6. The summed E-state index contributed by atoms with van der Waals surface area (Å²) in [7, 11) is 0. The molecule has 23 heavy (non-hydrogen) atoms. The van der Waals surface area contributed by atoms with Crippen LogP contribution in [0.15, 0.2) is 52.3 Å². The number of halogens is 1. The summed E-state index contributed by atoms with van der Waals surface area (Å²) in [6.07, 6.45) is 0. The molecule has 114 valence electrons. The Morgan fingerprint density at radius 2 is 1.91 bits per heavy atom. The predicted octanol–water partition coefficient (Wildman–Crippen LogP) is 3.40. The molecule has 2 aromatic carbocycles. The first kappa shape index (κ1) is 14.0. The first-order valence-corrected chi connectivity index (χ1v) is 7.73. The molecule has 0 unspecified atom stereocenters. The normalized spacial score (nSPS) is 18.2. The van der Waals surface area contributed by atoms with E-state index in [0.29, 0.717) is 22.8 Å². The lowest BCUT2D eigenvalue weighted by atomic mass is 9.83. The third-order valence-corrected chi connectivity index (χ3v) is 4.39. The van der Waals surface area contributed by atoms with Gasteiger partial charge in [0.05, 0.1) is 5.92 Å². The van der Waals surface area contributed by atoms with E-state index in [0.717, 1.165) is 15.6 Å². The molecular formula is C17H11BrN2O3. The Bertz CT molecular complexity index is 886. The van der Waals surface area contributed by atoms with Crippen LogP contribution in [0, 0.1) is 11.3 Å². The smallest absolute Gasteiger partial charge is 0.231 e. The number of benzene rings is 2. The minimum Gasteiger partial charge on any atom is -0.454 e. The van der Waals surface area contributed by atoms with Gasteiger partial charge in [-0.3, -0.25) is 0 Å². The van der Waals surface area contributed by atoms with Gasteiger partial charge in [0.2, 0.25) is 12.7 Å². The minimum absolute atomic E-state index is 0.115. The van der Waals surface area contributed by atoms with Gasteiger partial charge in [0.25, 0.3) is 0 Å². The zero-order valence-corrected chi connectivity index (χ0v) is 13.5. The first-order chi connectivity index (χ1) is 11.2. The Kier molecular flexibility index (Phi) is 3.17. The maximum absolute atomic E-state index is 9.55. The molecule has 4 rings (SSSR count). The van der Waals surface area contributed by atoms with Crippen LogP contribution >= 0.6 is 15.9 Å². The van der Waals surface area contributed by atoms with Crippen molar-refractivity contribution in [1.82, 2.24) is 0 Å². The van der Waals surface area contributed by atoms with E-state index in [-0.39, 0.29) is 18.6 Å². The molecule has 0 saturated heterocycles. The van der Waals surface area contributed by atoms with Crippen molar-refractivity contribution < 1.29 is 14.2 Å².